The van der Waals surface area contributed by atoms with Gasteiger partial charge in [0.05, 0.1) is 0 Å². The van der Waals surface area contributed by atoms with Crippen LogP contribution in [0.15, 0.2) is 24.3 Å². The summed E-state index contributed by atoms with van der Waals surface area (Å²) in [6.07, 6.45) is 0. The van der Waals surface area contributed by atoms with Crippen LogP contribution in [0.3, 0.4) is 0 Å². The Morgan fingerprint density at radius 2 is 1.56 bits per heavy atom. The predicted octanol–water partition coefficient (Wildman–Crippen LogP) is 0.890. The van der Waals surface area contributed by atoms with Crippen LogP contribution in [0.25, 0.3) is 0 Å². The normalized spacial score (nSPS) is 8.11. The number of benzene rings is 1. The number of phenols is 1. The van der Waals surface area contributed by atoms with Crippen molar-refractivity contribution >= 4 is 14.5 Å². The topological polar surface area (TPSA) is 20.2 Å². The Labute approximate surface area is 66.6 Å². The van der Waals surface area contributed by atoms with E-state index in [4.69, 9.17) is 5.11 Å². The third-order valence-electron chi connectivity index (χ3n) is 0.893. The smallest absolute Gasteiger partial charge is 0.115 e. The van der Waals surface area contributed by atoms with Crippen molar-refractivity contribution in [3.8, 4) is 5.75 Å². The van der Waals surface area contributed by atoms with Crippen LogP contribution in [0.5, 0.6) is 5.75 Å². The largest absolute Gasteiger partial charge is 0.508 e. The van der Waals surface area contributed by atoms with Crippen molar-refractivity contribution in [3.05, 3.63) is 24.3 Å². The molecular formula is C6H7NiOP. The molecule has 0 heterocycles. The quantitative estimate of drug-likeness (QED) is 0.469. The van der Waals surface area contributed by atoms with Crippen LogP contribution >= 0.6 is 9.24 Å². The minimum absolute atomic E-state index is 0. The Morgan fingerprint density at radius 3 is 1.89 bits per heavy atom. The van der Waals surface area contributed by atoms with Crippen LogP contribution < -0.4 is 5.30 Å². The first-order valence-electron chi connectivity index (χ1n) is 2.33. The molecule has 1 aromatic rings. The molecule has 1 N–H and O–H groups in total. The van der Waals surface area contributed by atoms with Crippen molar-refractivity contribution in [2.24, 2.45) is 0 Å². The molecule has 3 heteroatoms. The average Bonchev–Trinajstić information content (AvgIpc) is 1.77. The minimum Gasteiger partial charge on any atom is -0.508 e. The van der Waals surface area contributed by atoms with Crippen molar-refractivity contribution in [2.45, 2.75) is 0 Å². The van der Waals surface area contributed by atoms with Crippen molar-refractivity contribution in [1.29, 1.82) is 0 Å². The van der Waals surface area contributed by atoms with E-state index < -0.39 is 0 Å². The molecular weight excluding hydrogens is 178 g/mol. The van der Waals surface area contributed by atoms with Gasteiger partial charge in [-0.05, 0) is 17.4 Å². The van der Waals surface area contributed by atoms with Crippen LogP contribution in [0.4, 0.5) is 0 Å². The number of aromatic hydroxyl groups is 1. The standard InChI is InChI=1S/C6H7OP.Ni/c7-5-1-3-6(8)4-2-5;/h1-4,7H,8H2;. The molecule has 0 aliphatic rings. The first kappa shape index (κ1) is 8.94. The van der Waals surface area contributed by atoms with Crippen LogP contribution in [-0.4, -0.2) is 5.11 Å². The molecule has 1 nitrogen and oxygen atoms in total. The first-order chi connectivity index (χ1) is 3.79. The van der Waals surface area contributed by atoms with Gasteiger partial charge in [-0.25, -0.2) is 0 Å². The molecule has 0 aliphatic carbocycles. The minimum atomic E-state index is 0. The van der Waals surface area contributed by atoms with Gasteiger partial charge in [0.25, 0.3) is 0 Å². The van der Waals surface area contributed by atoms with Crippen LogP contribution in [0.1, 0.15) is 0 Å². The SMILES string of the molecule is Oc1ccc(P)cc1.[Ni]. The van der Waals surface area contributed by atoms with E-state index in [2.05, 4.69) is 9.24 Å². The molecule has 52 valence electrons. The van der Waals surface area contributed by atoms with E-state index in [1.165, 1.54) is 0 Å². The zero-order chi connectivity index (χ0) is 5.98. The first-order valence-corrected chi connectivity index (χ1v) is 2.91. The molecule has 1 rings (SSSR count). The second-order valence-corrected chi connectivity index (χ2v) is 2.26. The Hall–Kier alpha value is -0.0565. The van der Waals surface area contributed by atoms with Gasteiger partial charge in [-0.2, -0.15) is 0 Å². The van der Waals surface area contributed by atoms with Gasteiger partial charge in [0.1, 0.15) is 5.75 Å². The fourth-order valence-corrected chi connectivity index (χ4v) is 0.667. The molecule has 0 aliphatic heterocycles. The Bertz CT molecular complexity index is 152. The summed E-state index contributed by atoms with van der Waals surface area (Å²) in [5, 5.41) is 9.83. The van der Waals surface area contributed by atoms with E-state index in [0.29, 0.717) is 5.75 Å². The van der Waals surface area contributed by atoms with Crippen molar-refractivity contribution in [3.63, 3.8) is 0 Å². The molecule has 0 fully saturated rings. The Balaban J connectivity index is 0.000000640. The Morgan fingerprint density at radius 1 is 1.11 bits per heavy atom. The zero-order valence-electron chi connectivity index (χ0n) is 4.65. The second kappa shape index (κ2) is 3.87. The summed E-state index contributed by atoms with van der Waals surface area (Å²) in [7, 11) is 2.54. The number of hydrogen-bond acceptors (Lipinski definition) is 1. The fraction of sp³-hybridized carbons (Fsp3) is 0. The number of rotatable bonds is 0. The molecule has 9 heavy (non-hydrogen) atoms. The second-order valence-electron chi connectivity index (χ2n) is 1.59. The molecule has 1 aromatic carbocycles. The molecule has 1 unspecified atom stereocenters. The zero-order valence-corrected chi connectivity index (χ0v) is 6.79. The maximum atomic E-state index is 8.75. The van der Waals surface area contributed by atoms with E-state index in [9.17, 15) is 0 Å². The van der Waals surface area contributed by atoms with Crippen LogP contribution in [-0.2, 0) is 16.5 Å². The van der Waals surface area contributed by atoms with E-state index in [1.54, 1.807) is 12.1 Å². The third kappa shape index (κ3) is 2.84. The third-order valence-corrected chi connectivity index (χ3v) is 1.28. The maximum Gasteiger partial charge on any atom is 0.115 e. The van der Waals surface area contributed by atoms with Gasteiger partial charge in [0.15, 0.2) is 0 Å². The predicted molar refractivity (Wildman–Crippen MR) is 37.5 cm³/mol. The van der Waals surface area contributed by atoms with E-state index in [1.807, 2.05) is 12.1 Å². The van der Waals surface area contributed by atoms with Gasteiger partial charge < -0.3 is 5.11 Å². The molecule has 0 bridgehead atoms. The molecule has 0 aromatic heterocycles. The summed E-state index contributed by atoms with van der Waals surface area (Å²) in [6.45, 7) is 0. The fourth-order valence-electron chi connectivity index (χ4n) is 0.474. The number of hydrogen-bond donors (Lipinski definition) is 1. The van der Waals surface area contributed by atoms with Crippen LogP contribution in [0.2, 0.25) is 0 Å². The maximum absolute atomic E-state index is 8.75. The van der Waals surface area contributed by atoms with E-state index in [0.717, 1.165) is 5.30 Å². The summed E-state index contributed by atoms with van der Waals surface area (Å²) >= 11 is 0. The summed E-state index contributed by atoms with van der Waals surface area (Å²) < 4.78 is 0. The van der Waals surface area contributed by atoms with E-state index >= 15 is 0 Å². The summed E-state index contributed by atoms with van der Waals surface area (Å²) in [5.41, 5.74) is 0. The monoisotopic (exact) mass is 184 g/mol. The van der Waals surface area contributed by atoms with Gasteiger partial charge in [0.2, 0.25) is 0 Å². The van der Waals surface area contributed by atoms with E-state index in [-0.39, 0.29) is 16.5 Å². The molecule has 0 amide bonds. The van der Waals surface area contributed by atoms with Crippen molar-refractivity contribution in [2.75, 3.05) is 0 Å². The molecule has 1 atom stereocenters. The molecule has 0 spiro atoms. The summed E-state index contributed by atoms with van der Waals surface area (Å²) in [5.74, 6) is 0.316. The van der Waals surface area contributed by atoms with Crippen molar-refractivity contribution in [1.82, 2.24) is 0 Å². The average molecular weight is 185 g/mol. The van der Waals surface area contributed by atoms with Gasteiger partial charge in [-0.1, -0.05) is 12.1 Å². The molecule has 0 saturated heterocycles. The summed E-state index contributed by atoms with van der Waals surface area (Å²) in [6, 6.07) is 6.98. The molecule has 0 radical (unpaired) electrons. The summed E-state index contributed by atoms with van der Waals surface area (Å²) in [4.78, 5) is 0. The number of phenolic OH excluding ortho intramolecular Hbond substituents is 1. The van der Waals surface area contributed by atoms with Gasteiger partial charge in [0, 0.05) is 16.5 Å². The molecule has 0 saturated carbocycles. The van der Waals surface area contributed by atoms with Gasteiger partial charge >= 0.3 is 0 Å². The van der Waals surface area contributed by atoms with Crippen molar-refractivity contribution < 1.29 is 21.6 Å². The van der Waals surface area contributed by atoms with Gasteiger partial charge in [-0.3, -0.25) is 0 Å². The van der Waals surface area contributed by atoms with Crippen LogP contribution in [0, 0.1) is 0 Å². The van der Waals surface area contributed by atoms with Gasteiger partial charge in [-0.15, -0.1) is 9.24 Å². The Kier molecular flexibility index (Phi) is 3.85.